The molecular formula is C10H18N2O3. The van der Waals surface area contributed by atoms with E-state index < -0.39 is 11.5 Å². The van der Waals surface area contributed by atoms with Gasteiger partial charge in [0.1, 0.15) is 5.54 Å². The van der Waals surface area contributed by atoms with Gasteiger partial charge in [-0.25, -0.2) is 4.79 Å². The van der Waals surface area contributed by atoms with Crippen LogP contribution in [0.15, 0.2) is 0 Å². The molecule has 0 radical (unpaired) electrons. The number of carbonyl (C=O) groups is 2. The summed E-state index contributed by atoms with van der Waals surface area (Å²) in [5.41, 5.74) is 4.27. The standard InChI is InChI=1S/C10H18N2O3/c11-7-3-4-8(13)12-10(9(14)15)5-1-2-6-10/h1-7,11H2,(H,12,13)(H,14,15). The minimum Gasteiger partial charge on any atom is -0.480 e. The zero-order chi connectivity index (χ0) is 11.3. The van der Waals surface area contributed by atoms with Gasteiger partial charge >= 0.3 is 5.97 Å². The molecule has 1 aliphatic carbocycles. The fourth-order valence-electron chi connectivity index (χ4n) is 1.96. The van der Waals surface area contributed by atoms with Gasteiger partial charge in [0.15, 0.2) is 0 Å². The maximum Gasteiger partial charge on any atom is 0.329 e. The van der Waals surface area contributed by atoms with Crippen LogP contribution in [0.25, 0.3) is 0 Å². The van der Waals surface area contributed by atoms with E-state index in [9.17, 15) is 9.59 Å². The van der Waals surface area contributed by atoms with E-state index in [0.29, 0.717) is 32.2 Å². The molecular weight excluding hydrogens is 196 g/mol. The van der Waals surface area contributed by atoms with Crippen LogP contribution in [-0.4, -0.2) is 29.1 Å². The number of hydrogen-bond acceptors (Lipinski definition) is 3. The summed E-state index contributed by atoms with van der Waals surface area (Å²) in [4.78, 5) is 22.5. The second-order valence-corrected chi connectivity index (χ2v) is 4.03. The number of aliphatic carboxylic acids is 1. The van der Waals surface area contributed by atoms with Gasteiger partial charge in [-0.1, -0.05) is 12.8 Å². The van der Waals surface area contributed by atoms with E-state index in [1.54, 1.807) is 0 Å². The summed E-state index contributed by atoms with van der Waals surface area (Å²) in [6.07, 6.45) is 3.72. The first-order valence-corrected chi connectivity index (χ1v) is 5.35. The van der Waals surface area contributed by atoms with Crippen LogP contribution < -0.4 is 11.1 Å². The lowest BCUT2D eigenvalue weighted by atomic mass is 9.97. The fraction of sp³-hybridized carbons (Fsp3) is 0.800. The van der Waals surface area contributed by atoms with Crippen molar-refractivity contribution in [2.75, 3.05) is 6.54 Å². The van der Waals surface area contributed by atoms with Crippen LogP contribution >= 0.6 is 0 Å². The monoisotopic (exact) mass is 214 g/mol. The summed E-state index contributed by atoms with van der Waals surface area (Å²) in [6, 6.07) is 0. The molecule has 0 unspecified atom stereocenters. The molecule has 1 amide bonds. The number of nitrogens with two attached hydrogens (primary N) is 1. The summed E-state index contributed by atoms with van der Waals surface area (Å²) in [6.45, 7) is 0.452. The molecule has 4 N–H and O–H groups in total. The van der Waals surface area contributed by atoms with Crippen molar-refractivity contribution in [1.29, 1.82) is 0 Å². The van der Waals surface area contributed by atoms with Gasteiger partial charge in [-0.15, -0.1) is 0 Å². The van der Waals surface area contributed by atoms with Crippen molar-refractivity contribution in [2.45, 2.75) is 44.1 Å². The number of amides is 1. The molecule has 0 aliphatic heterocycles. The van der Waals surface area contributed by atoms with Gasteiger partial charge in [0, 0.05) is 6.42 Å². The van der Waals surface area contributed by atoms with E-state index in [1.807, 2.05) is 0 Å². The molecule has 0 saturated heterocycles. The summed E-state index contributed by atoms with van der Waals surface area (Å²) in [5.74, 6) is -1.12. The third-order valence-electron chi connectivity index (χ3n) is 2.85. The van der Waals surface area contributed by atoms with Crippen molar-refractivity contribution in [3.05, 3.63) is 0 Å². The maximum absolute atomic E-state index is 11.4. The first-order chi connectivity index (χ1) is 7.10. The van der Waals surface area contributed by atoms with E-state index in [4.69, 9.17) is 10.8 Å². The van der Waals surface area contributed by atoms with Crippen LogP contribution in [-0.2, 0) is 9.59 Å². The highest BCUT2D eigenvalue weighted by atomic mass is 16.4. The van der Waals surface area contributed by atoms with Gasteiger partial charge in [0.25, 0.3) is 0 Å². The Morgan fingerprint density at radius 2 is 1.93 bits per heavy atom. The highest BCUT2D eigenvalue weighted by Crippen LogP contribution is 2.29. The van der Waals surface area contributed by atoms with Gasteiger partial charge < -0.3 is 16.2 Å². The number of carboxylic acids is 1. The largest absolute Gasteiger partial charge is 0.480 e. The summed E-state index contributed by atoms with van der Waals surface area (Å²) < 4.78 is 0. The fourth-order valence-corrected chi connectivity index (χ4v) is 1.96. The maximum atomic E-state index is 11.4. The zero-order valence-electron chi connectivity index (χ0n) is 8.79. The van der Waals surface area contributed by atoms with E-state index >= 15 is 0 Å². The van der Waals surface area contributed by atoms with Crippen LogP contribution in [0.4, 0.5) is 0 Å². The molecule has 0 spiro atoms. The van der Waals surface area contributed by atoms with Crippen molar-refractivity contribution in [3.63, 3.8) is 0 Å². The zero-order valence-corrected chi connectivity index (χ0v) is 8.79. The molecule has 0 aromatic rings. The predicted octanol–water partition coefficient (Wildman–Crippen LogP) is 0.239. The SMILES string of the molecule is NCCCC(=O)NC1(C(=O)O)CCCC1. The number of nitrogens with one attached hydrogen (secondary N) is 1. The molecule has 1 saturated carbocycles. The molecule has 1 aliphatic rings. The van der Waals surface area contributed by atoms with E-state index in [0.717, 1.165) is 12.8 Å². The molecule has 15 heavy (non-hydrogen) atoms. The molecule has 0 atom stereocenters. The molecule has 5 heteroatoms. The lowest BCUT2D eigenvalue weighted by molar-refractivity contribution is -0.147. The molecule has 0 aromatic heterocycles. The second-order valence-electron chi connectivity index (χ2n) is 4.03. The van der Waals surface area contributed by atoms with E-state index in [-0.39, 0.29) is 5.91 Å². The smallest absolute Gasteiger partial charge is 0.329 e. The average Bonchev–Trinajstić information content (AvgIpc) is 2.64. The lowest BCUT2D eigenvalue weighted by Gasteiger charge is -2.25. The Kier molecular flexibility index (Phi) is 4.08. The van der Waals surface area contributed by atoms with Crippen LogP contribution in [0.5, 0.6) is 0 Å². The van der Waals surface area contributed by atoms with Gasteiger partial charge in [0.2, 0.25) is 5.91 Å². The van der Waals surface area contributed by atoms with Crippen molar-refractivity contribution in [2.24, 2.45) is 5.73 Å². The second kappa shape index (κ2) is 5.11. The Morgan fingerprint density at radius 1 is 1.33 bits per heavy atom. The number of rotatable bonds is 5. The molecule has 1 fully saturated rings. The van der Waals surface area contributed by atoms with Crippen molar-refractivity contribution in [3.8, 4) is 0 Å². The van der Waals surface area contributed by atoms with Gasteiger partial charge in [-0.2, -0.15) is 0 Å². The Balaban J connectivity index is 2.52. The lowest BCUT2D eigenvalue weighted by Crippen LogP contribution is -2.52. The first kappa shape index (κ1) is 12.0. The molecule has 86 valence electrons. The van der Waals surface area contributed by atoms with Gasteiger partial charge in [-0.05, 0) is 25.8 Å². The highest BCUT2D eigenvalue weighted by molar-refractivity contribution is 5.87. The first-order valence-electron chi connectivity index (χ1n) is 5.35. The number of carbonyl (C=O) groups excluding carboxylic acids is 1. The normalized spacial score (nSPS) is 18.7. The van der Waals surface area contributed by atoms with Crippen molar-refractivity contribution < 1.29 is 14.7 Å². The summed E-state index contributed by atoms with van der Waals surface area (Å²) >= 11 is 0. The van der Waals surface area contributed by atoms with Crippen LogP contribution in [0, 0.1) is 0 Å². The van der Waals surface area contributed by atoms with Crippen LogP contribution in [0.2, 0.25) is 0 Å². The molecule has 0 aromatic carbocycles. The Morgan fingerprint density at radius 3 is 2.40 bits per heavy atom. The quantitative estimate of drug-likeness (QED) is 0.611. The topological polar surface area (TPSA) is 92.4 Å². The number of carboxylic acid groups (broad SMARTS) is 1. The van der Waals surface area contributed by atoms with Crippen LogP contribution in [0.1, 0.15) is 38.5 Å². The minimum atomic E-state index is -1.01. The van der Waals surface area contributed by atoms with Crippen molar-refractivity contribution in [1.82, 2.24) is 5.32 Å². The van der Waals surface area contributed by atoms with Crippen LogP contribution in [0.3, 0.4) is 0 Å². The van der Waals surface area contributed by atoms with E-state index in [1.165, 1.54) is 0 Å². The van der Waals surface area contributed by atoms with Gasteiger partial charge in [0.05, 0.1) is 0 Å². The van der Waals surface area contributed by atoms with E-state index in [2.05, 4.69) is 5.32 Å². The Hall–Kier alpha value is -1.10. The highest BCUT2D eigenvalue weighted by Gasteiger charge is 2.42. The number of hydrogen-bond donors (Lipinski definition) is 3. The molecule has 1 rings (SSSR count). The molecule has 0 bridgehead atoms. The molecule has 5 nitrogen and oxygen atoms in total. The Bertz CT molecular complexity index is 247. The summed E-state index contributed by atoms with van der Waals surface area (Å²) in [5, 5.41) is 11.7. The minimum absolute atomic E-state index is 0.204. The summed E-state index contributed by atoms with van der Waals surface area (Å²) in [7, 11) is 0. The van der Waals surface area contributed by atoms with Crippen molar-refractivity contribution >= 4 is 11.9 Å². The predicted molar refractivity (Wildman–Crippen MR) is 55.3 cm³/mol. The Labute approximate surface area is 89.0 Å². The third kappa shape index (κ3) is 2.92. The molecule has 0 heterocycles. The van der Waals surface area contributed by atoms with Gasteiger partial charge in [-0.3, -0.25) is 4.79 Å². The third-order valence-corrected chi connectivity index (χ3v) is 2.85. The average molecular weight is 214 g/mol.